The molecule has 0 unspecified atom stereocenters. The van der Waals surface area contributed by atoms with Crippen LogP contribution >= 0.6 is 11.6 Å². The molecule has 0 bridgehead atoms. The van der Waals surface area contributed by atoms with Crippen LogP contribution in [0.15, 0.2) is 79.4 Å². The number of hydrogen-bond donors (Lipinski definition) is 1. The Labute approximate surface area is 247 Å². The number of piperazine rings is 1. The summed E-state index contributed by atoms with van der Waals surface area (Å²) in [4.78, 5) is 27.9. The molecular weight excluding hydrogens is 532 g/mol. The summed E-state index contributed by atoms with van der Waals surface area (Å²) >= 11 is 6.43. The Hall–Kier alpha value is -3.52. The predicted octanol–water partition coefficient (Wildman–Crippen LogP) is 4.82. The molecule has 212 valence electrons. The lowest BCUT2D eigenvalue weighted by atomic mass is 9.95. The van der Waals surface area contributed by atoms with Gasteiger partial charge in [0.25, 0.3) is 0 Å². The number of rotatable bonds is 8. The van der Waals surface area contributed by atoms with E-state index in [2.05, 4.69) is 50.1 Å². The molecule has 2 atom stereocenters. The van der Waals surface area contributed by atoms with Crippen LogP contribution in [-0.4, -0.2) is 62.5 Å². The van der Waals surface area contributed by atoms with Gasteiger partial charge in [-0.15, -0.1) is 0 Å². The molecule has 6 rings (SSSR count). The van der Waals surface area contributed by atoms with Crippen LogP contribution in [0.1, 0.15) is 46.1 Å². The molecule has 3 heterocycles. The van der Waals surface area contributed by atoms with Gasteiger partial charge in [-0.05, 0) is 66.6 Å². The van der Waals surface area contributed by atoms with E-state index in [-0.39, 0.29) is 18.0 Å². The van der Waals surface area contributed by atoms with Gasteiger partial charge in [-0.3, -0.25) is 14.7 Å². The lowest BCUT2D eigenvalue weighted by Crippen LogP contribution is -2.58. The fourth-order valence-corrected chi connectivity index (χ4v) is 6.45. The number of nitrogens with zero attached hydrogens (tertiary/aromatic N) is 5. The first kappa shape index (κ1) is 27.6. The fourth-order valence-electron chi connectivity index (χ4n) is 6.25. The third kappa shape index (κ3) is 6.38. The van der Waals surface area contributed by atoms with Crippen LogP contribution in [0, 0.1) is 6.92 Å². The van der Waals surface area contributed by atoms with Crippen molar-refractivity contribution in [2.45, 2.75) is 51.4 Å². The molecule has 2 aromatic carbocycles. The third-order valence-electron chi connectivity index (χ3n) is 8.25. The van der Waals surface area contributed by atoms with Gasteiger partial charge in [-0.1, -0.05) is 54.1 Å². The first-order valence-corrected chi connectivity index (χ1v) is 14.9. The van der Waals surface area contributed by atoms with E-state index in [4.69, 9.17) is 16.6 Å². The van der Waals surface area contributed by atoms with Gasteiger partial charge in [0.1, 0.15) is 0 Å². The van der Waals surface area contributed by atoms with E-state index in [0.717, 1.165) is 60.9 Å². The van der Waals surface area contributed by atoms with Gasteiger partial charge in [0.2, 0.25) is 5.91 Å². The van der Waals surface area contributed by atoms with E-state index in [1.165, 1.54) is 16.7 Å². The molecule has 8 heteroatoms. The molecule has 4 aromatic rings. The zero-order valence-corrected chi connectivity index (χ0v) is 24.3. The molecule has 0 saturated carbocycles. The first-order chi connectivity index (χ1) is 20.0. The van der Waals surface area contributed by atoms with E-state index < -0.39 is 0 Å². The highest BCUT2D eigenvalue weighted by molar-refractivity contribution is 6.30. The molecule has 1 aliphatic carbocycles. The highest BCUT2D eigenvalue weighted by Crippen LogP contribution is 2.37. The van der Waals surface area contributed by atoms with E-state index in [1.807, 2.05) is 60.9 Å². The summed E-state index contributed by atoms with van der Waals surface area (Å²) in [5, 5.41) is 4.31. The molecule has 1 aliphatic heterocycles. The maximum absolute atomic E-state index is 14.2. The molecule has 0 spiro atoms. The van der Waals surface area contributed by atoms with Gasteiger partial charge >= 0.3 is 0 Å². The third-order valence-corrected chi connectivity index (χ3v) is 8.49. The average molecular weight is 569 g/mol. The Morgan fingerprint density at radius 1 is 1.07 bits per heavy atom. The second-order valence-electron chi connectivity index (χ2n) is 11.1. The minimum atomic E-state index is -0.297. The zero-order valence-electron chi connectivity index (χ0n) is 23.5. The molecule has 2 aliphatic rings. The molecule has 7 nitrogen and oxygen atoms in total. The number of amides is 1. The van der Waals surface area contributed by atoms with Crippen molar-refractivity contribution in [3.63, 3.8) is 0 Å². The number of benzene rings is 2. The quantitative estimate of drug-likeness (QED) is 0.330. The Kier molecular flexibility index (Phi) is 8.46. The highest BCUT2D eigenvalue weighted by atomic mass is 35.5. The van der Waals surface area contributed by atoms with Gasteiger partial charge in [0, 0.05) is 56.7 Å². The van der Waals surface area contributed by atoms with Crippen LogP contribution in [0.3, 0.4) is 0 Å². The van der Waals surface area contributed by atoms with Gasteiger partial charge in [-0.2, -0.15) is 0 Å². The number of aryl methyl sites for hydroxylation is 4. The van der Waals surface area contributed by atoms with Gasteiger partial charge in [0.05, 0.1) is 29.8 Å². The van der Waals surface area contributed by atoms with Crippen molar-refractivity contribution in [3.8, 4) is 0 Å². The molecular formula is C33H37ClN6O. The summed E-state index contributed by atoms with van der Waals surface area (Å²) in [5.41, 5.74) is 7.02. The standard InChI is InChI=1S/C33H37ClN6O/c1-24-20-38(23-37-24)16-6-17-40(21-25-7-3-2-4-8-25)33(41)30-22-39(18-15-35-30)32-29-13-12-28(34)19-27(29)11-10-26-9-5-14-36-31(26)32/h2-5,7-9,12-14,19-20,23,30,32,35H,6,10-11,15-18,21-22H2,1H3/t30-,32+/m1/s1. The van der Waals surface area contributed by atoms with Crippen molar-refractivity contribution < 1.29 is 4.79 Å². The highest BCUT2D eigenvalue weighted by Gasteiger charge is 2.36. The van der Waals surface area contributed by atoms with Crippen molar-refractivity contribution in [3.05, 3.63) is 118 Å². The molecule has 41 heavy (non-hydrogen) atoms. The van der Waals surface area contributed by atoms with E-state index >= 15 is 0 Å². The Morgan fingerprint density at radius 3 is 2.76 bits per heavy atom. The lowest BCUT2D eigenvalue weighted by Gasteiger charge is -2.40. The summed E-state index contributed by atoms with van der Waals surface area (Å²) in [6, 6.07) is 20.4. The first-order valence-electron chi connectivity index (χ1n) is 14.6. The minimum Gasteiger partial charge on any atom is -0.337 e. The Balaban J connectivity index is 1.24. The summed E-state index contributed by atoms with van der Waals surface area (Å²) in [5.74, 6) is 0.145. The van der Waals surface area contributed by atoms with Gasteiger partial charge in [0.15, 0.2) is 0 Å². The van der Waals surface area contributed by atoms with Crippen LogP contribution in [0.4, 0.5) is 0 Å². The molecule has 1 amide bonds. The second kappa shape index (κ2) is 12.6. The number of carbonyl (C=O) groups is 1. The topological polar surface area (TPSA) is 66.3 Å². The average Bonchev–Trinajstić information content (AvgIpc) is 3.34. The summed E-state index contributed by atoms with van der Waals surface area (Å²) in [7, 11) is 0. The number of halogens is 1. The van der Waals surface area contributed by atoms with Crippen molar-refractivity contribution in [1.29, 1.82) is 0 Å². The minimum absolute atomic E-state index is 0.00887. The molecule has 1 N–H and O–H groups in total. The Bertz CT molecular complexity index is 1490. The van der Waals surface area contributed by atoms with Crippen LogP contribution in [-0.2, 0) is 30.7 Å². The fraction of sp³-hybridized carbons (Fsp3) is 0.364. The van der Waals surface area contributed by atoms with Gasteiger partial charge in [-0.25, -0.2) is 4.98 Å². The van der Waals surface area contributed by atoms with E-state index in [9.17, 15) is 4.79 Å². The number of hydrogen-bond acceptors (Lipinski definition) is 5. The van der Waals surface area contributed by atoms with E-state index in [1.54, 1.807) is 0 Å². The molecule has 1 saturated heterocycles. The largest absolute Gasteiger partial charge is 0.337 e. The normalized spacial score (nSPS) is 18.8. The van der Waals surface area contributed by atoms with Crippen LogP contribution in [0.25, 0.3) is 0 Å². The summed E-state index contributed by atoms with van der Waals surface area (Å²) in [6.45, 7) is 6.30. The maximum atomic E-state index is 14.2. The number of aromatic nitrogens is 3. The number of pyridine rings is 1. The van der Waals surface area contributed by atoms with Crippen molar-refractivity contribution >= 4 is 17.5 Å². The lowest BCUT2D eigenvalue weighted by molar-refractivity contribution is -0.135. The zero-order chi connectivity index (χ0) is 28.2. The van der Waals surface area contributed by atoms with Crippen LogP contribution < -0.4 is 5.32 Å². The number of nitrogens with one attached hydrogen (secondary N) is 1. The predicted molar refractivity (Wildman–Crippen MR) is 162 cm³/mol. The summed E-state index contributed by atoms with van der Waals surface area (Å²) < 4.78 is 2.10. The van der Waals surface area contributed by atoms with Gasteiger partial charge < -0.3 is 14.8 Å². The SMILES string of the molecule is Cc1cn(CCCN(Cc2ccccc2)C(=O)[C@H]2CN([C@H]3c4ccc(Cl)cc4CCc4cccnc43)CCN2)cn1. The van der Waals surface area contributed by atoms with Crippen LogP contribution in [0.5, 0.6) is 0 Å². The monoisotopic (exact) mass is 568 g/mol. The van der Waals surface area contributed by atoms with Crippen LogP contribution in [0.2, 0.25) is 5.02 Å². The number of carbonyl (C=O) groups excluding carboxylic acids is 1. The smallest absolute Gasteiger partial charge is 0.241 e. The molecule has 0 radical (unpaired) electrons. The second-order valence-corrected chi connectivity index (χ2v) is 11.6. The van der Waals surface area contributed by atoms with Crippen molar-refractivity contribution in [1.82, 2.24) is 29.7 Å². The Morgan fingerprint density at radius 2 is 1.93 bits per heavy atom. The van der Waals surface area contributed by atoms with Crippen molar-refractivity contribution in [2.75, 3.05) is 26.2 Å². The number of imidazole rings is 1. The molecule has 2 aromatic heterocycles. The number of fused-ring (bicyclic) bond motifs is 2. The maximum Gasteiger partial charge on any atom is 0.241 e. The summed E-state index contributed by atoms with van der Waals surface area (Å²) in [6.07, 6.45) is 8.53. The van der Waals surface area contributed by atoms with E-state index in [0.29, 0.717) is 19.6 Å². The van der Waals surface area contributed by atoms with Crippen molar-refractivity contribution in [2.24, 2.45) is 0 Å². The molecule has 1 fully saturated rings.